The molecule has 410 valence electrons. The van der Waals surface area contributed by atoms with Crippen molar-refractivity contribution in [1.29, 1.82) is 0 Å². The predicted octanol–water partition coefficient (Wildman–Crippen LogP) is 13.1. The van der Waals surface area contributed by atoms with E-state index >= 15 is 0 Å². The van der Waals surface area contributed by atoms with Gasteiger partial charge in [0.05, 0.1) is 18.2 Å². The van der Waals surface area contributed by atoms with Gasteiger partial charge in [0.2, 0.25) is 0 Å². The first kappa shape index (κ1) is 60.3. The molecular weight excluding hydrogens is 966 g/mol. The van der Waals surface area contributed by atoms with Crippen LogP contribution in [-0.4, -0.2) is 63.8 Å². The number of aldehydes is 2. The molecule has 0 amide bonds. The second-order valence-corrected chi connectivity index (χ2v) is 13.8. The van der Waals surface area contributed by atoms with Crippen molar-refractivity contribution in [3.63, 3.8) is 0 Å². The summed E-state index contributed by atoms with van der Waals surface area (Å²) in [5.74, 6) is 37.4. The first-order valence-electron chi connectivity index (χ1n) is 21.9. The zero-order valence-electron chi connectivity index (χ0n) is 40.9. The molecule has 1 aromatic heterocycles. The summed E-state index contributed by atoms with van der Waals surface area (Å²) in [6, 6.07) is 23.0. The largest absolute Gasteiger partial charge is 0.465 e. The monoisotopic (exact) mass is 1040 g/mol. The number of esters is 1. The maximum atomic E-state index is 11.9. The van der Waals surface area contributed by atoms with Crippen molar-refractivity contribution in [2.24, 2.45) is 5.18 Å². The van der Waals surface area contributed by atoms with Gasteiger partial charge in [-0.1, -0.05) is 0 Å². The van der Waals surface area contributed by atoms with Crippen molar-refractivity contribution in [2.75, 3.05) is 48.8 Å². The molecule has 16 heteroatoms. The zero-order chi connectivity index (χ0) is 55.4. The molecule has 0 saturated heterocycles. The van der Waals surface area contributed by atoms with E-state index in [9.17, 15) is 42.1 Å². The van der Waals surface area contributed by atoms with Crippen LogP contribution in [0.5, 0.6) is 5.75 Å². The highest BCUT2D eigenvalue weighted by Crippen LogP contribution is 2.25. The molecule has 0 atom stereocenters. The molecule has 1 heterocycles. The lowest BCUT2D eigenvalue weighted by Crippen LogP contribution is -2.22. The Kier molecular flexibility index (Phi) is 27.1. The number of carbonyl (C=O) groups excluding carboxylic acids is 4. The van der Waals surface area contributed by atoms with E-state index in [2.05, 4.69) is 148 Å². The number of ether oxygens (including phenoxy) is 2. The average molecular weight is 1050 g/mol. The Balaban J connectivity index is -0.0000000552. The van der Waals surface area contributed by atoms with Crippen molar-refractivity contribution in [3.05, 3.63) is 129 Å². The molecule has 0 fully saturated rings. The number of hydrogen-bond acceptors (Lipinski definition) is 13. The van der Waals surface area contributed by atoms with Gasteiger partial charge < -0.3 is 29.4 Å². The first-order chi connectivity index (χ1) is 36.1. The molecular formula is C59H79F3N4O9. The Morgan fingerprint density at radius 1 is 0.667 bits per heavy atom. The van der Waals surface area contributed by atoms with E-state index in [1.165, 1.54) is 43.5 Å². The van der Waals surface area contributed by atoms with Crippen LogP contribution in [0.2, 0.25) is 0 Å². The van der Waals surface area contributed by atoms with Crippen LogP contribution in [0, 0.1) is 112 Å². The molecule has 0 bridgehead atoms. The van der Waals surface area contributed by atoms with E-state index in [-0.39, 0.29) is 31.2 Å². The molecule has 5 aromatic rings. The molecule has 0 aliphatic carbocycles. The lowest BCUT2D eigenvalue weighted by Gasteiger charge is -2.21. The number of alkyl halides is 3. The van der Waals surface area contributed by atoms with Gasteiger partial charge in [-0.2, -0.15) is 13.2 Å². The van der Waals surface area contributed by atoms with Crippen LogP contribution in [0.4, 0.5) is 35.9 Å². The minimum Gasteiger partial charge on any atom is -0.465 e. The van der Waals surface area contributed by atoms with E-state index in [0.717, 1.165) is 61.4 Å². The number of nitrogens with two attached hydrogens (primary N) is 1. The van der Waals surface area contributed by atoms with E-state index < -0.39 is 29.1 Å². The summed E-state index contributed by atoms with van der Waals surface area (Å²) in [5, 5.41) is 3.45. The van der Waals surface area contributed by atoms with Crippen LogP contribution >= 0.6 is 0 Å². The van der Waals surface area contributed by atoms with Crippen molar-refractivity contribution < 1.29 is 71.9 Å². The number of methoxy groups -OCH3 is 1. The number of rotatable bonds is 12. The summed E-state index contributed by atoms with van der Waals surface area (Å²) < 4.78 is 50.5. The quantitative estimate of drug-likeness (QED) is 0.0238. The molecule has 5 rings (SSSR count). The maximum absolute atomic E-state index is 11.9. The number of benzene rings is 4. The van der Waals surface area contributed by atoms with Crippen molar-refractivity contribution in [1.82, 2.24) is 0 Å². The van der Waals surface area contributed by atoms with Gasteiger partial charge in [0.15, 0.2) is 18.3 Å². The molecule has 2 N–H and O–H groups in total. The third-order valence-electron chi connectivity index (χ3n) is 9.24. The van der Waals surface area contributed by atoms with Crippen LogP contribution < -0.4 is 25.9 Å². The standard InChI is InChI=1S/C29H15NO2.C14H15NO3.C8H6F3NO.C8H7NO3.18H2/c1-4-7-8-9-10-11-12-13-14-15-16-17-18-19-20-21-24-32-29-25-28(30(5-2)6-3)23-22-27(29)26-31;1-3-15(4-2)12-6-5-10-7-11(9-16)14(17)18-13(10)8-12;9-8(10,11)7(13)5-1-3-6(12)4-2-5;1-12-8(10)6-2-4-7(9-11)5-3-6;;;;;;;;;;;;;;;;;;/h1,22-23,25-26H,5-6H2,2-3H3;5-9H,3-4H2,1-2H3;1-4H,12H2;2-5H,1H3;18*1H. The summed E-state index contributed by atoms with van der Waals surface area (Å²) in [7, 11) is 1.30. The third kappa shape index (κ3) is 21.8. The van der Waals surface area contributed by atoms with Gasteiger partial charge in [-0.05, 0) is 159 Å². The average Bonchev–Trinajstić information content (AvgIpc) is 3.42. The minimum absolute atomic E-state index is 0. The molecule has 0 unspecified atom stereocenters. The van der Waals surface area contributed by atoms with Crippen molar-refractivity contribution in [2.45, 2.75) is 33.9 Å². The molecule has 75 heavy (non-hydrogen) atoms. The van der Waals surface area contributed by atoms with Gasteiger partial charge in [-0.15, -0.1) is 11.3 Å². The van der Waals surface area contributed by atoms with Gasteiger partial charge >= 0.3 is 17.8 Å². The molecule has 0 aliphatic rings. The second kappa shape index (κ2) is 33.7. The predicted molar refractivity (Wildman–Crippen MR) is 321 cm³/mol. The van der Waals surface area contributed by atoms with E-state index in [1.54, 1.807) is 18.2 Å². The maximum Gasteiger partial charge on any atom is 0.454 e. The Morgan fingerprint density at radius 2 is 1.13 bits per heavy atom. The number of fused-ring (bicyclic) bond motifs is 1. The van der Waals surface area contributed by atoms with Gasteiger partial charge in [0.25, 0.3) is 5.78 Å². The van der Waals surface area contributed by atoms with Crippen LogP contribution in [0.1, 0.15) is 94.8 Å². The van der Waals surface area contributed by atoms with Crippen molar-refractivity contribution >= 4 is 58.0 Å². The van der Waals surface area contributed by atoms with Crippen LogP contribution in [0.25, 0.3) is 11.0 Å². The Bertz CT molecular complexity index is 3540. The molecule has 13 nitrogen and oxygen atoms in total. The van der Waals surface area contributed by atoms with E-state index in [4.69, 9.17) is 21.3 Å². The van der Waals surface area contributed by atoms with Crippen LogP contribution in [0.15, 0.2) is 105 Å². The van der Waals surface area contributed by atoms with Crippen LogP contribution in [0.3, 0.4) is 0 Å². The molecule has 0 spiro atoms. The fraction of sp³-hybridized carbons (Fsp3) is 0.169. The minimum atomic E-state index is -4.82. The lowest BCUT2D eigenvalue weighted by molar-refractivity contribution is -0.0885. The molecule has 0 saturated carbocycles. The number of halogens is 3. The molecule has 0 radical (unpaired) electrons. The third-order valence-corrected chi connectivity index (χ3v) is 9.24. The summed E-state index contributed by atoms with van der Waals surface area (Å²) >= 11 is 0. The number of nitroso groups, excluding NO2 is 1. The fourth-order valence-electron chi connectivity index (χ4n) is 5.60. The number of Topliss-reactive ketones (excluding diaryl/α,β-unsaturated/α-hetero) is 1. The summed E-state index contributed by atoms with van der Waals surface area (Å²) in [5.41, 5.74) is 8.20. The first-order valence-corrected chi connectivity index (χ1v) is 21.9. The van der Waals surface area contributed by atoms with Crippen LogP contribution in [-0.2, 0) is 4.74 Å². The smallest absolute Gasteiger partial charge is 0.454 e. The summed E-state index contributed by atoms with van der Waals surface area (Å²) in [6.45, 7) is 11.7. The topological polar surface area (TPSA) is 179 Å². The number of nitrogens with zero attached hydrogens (tertiary/aromatic N) is 3. The van der Waals surface area contributed by atoms with E-state index in [0.29, 0.717) is 40.1 Å². The van der Waals surface area contributed by atoms with Gasteiger partial charge in [-0.25, -0.2) is 9.59 Å². The van der Waals surface area contributed by atoms with Crippen molar-refractivity contribution in [3.8, 4) is 113 Å². The number of anilines is 3. The highest BCUT2D eigenvalue weighted by atomic mass is 19.4. The number of hydrogen-bond donors (Lipinski definition) is 1. The summed E-state index contributed by atoms with van der Waals surface area (Å²) in [6.07, 6.45) is 3.80. The highest BCUT2D eigenvalue weighted by Gasteiger charge is 2.39. The number of nitrogen functional groups attached to an aromatic ring is 1. The number of terminal acetylenes is 1. The SMILES string of the molecule is C#CC#CC#CC#CC#CC#CC#CC#CC#COc1cc(N(CC)CC)ccc1C=O.CCN(CC)c1ccc2cc(C=O)c(=O)oc2c1.COC(=O)c1ccc(N=O)cc1.Nc1ccc(C(=O)C(F)(F)F)cc1.[HH].[HH].[HH].[HH].[HH].[HH].[HH].[HH].[HH].[HH].[HH].[HH].[HH].[HH].[HH].[HH].[HH].[HH]. The normalized spacial score (nSPS) is 8.79. The van der Waals surface area contributed by atoms with Gasteiger partial charge in [0, 0.05) is 139 Å². The van der Waals surface area contributed by atoms with Gasteiger partial charge in [0.1, 0.15) is 22.9 Å². The Hall–Kier alpha value is -10.8. The molecule has 4 aromatic carbocycles. The molecule has 0 aliphatic heterocycles. The highest BCUT2D eigenvalue weighted by molar-refractivity contribution is 6.00. The lowest BCUT2D eigenvalue weighted by atomic mass is 10.1. The Morgan fingerprint density at radius 3 is 1.59 bits per heavy atom. The number of carbonyl (C=O) groups is 4. The fourth-order valence-corrected chi connectivity index (χ4v) is 5.60. The second-order valence-electron chi connectivity index (χ2n) is 13.8. The summed E-state index contributed by atoms with van der Waals surface area (Å²) in [4.78, 5) is 69.1. The van der Waals surface area contributed by atoms with E-state index in [1.807, 2.05) is 24.3 Å². The Labute approximate surface area is 459 Å². The zero-order valence-corrected chi connectivity index (χ0v) is 40.9. The van der Waals surface area contributed by atoms with Gasteiger partial charge in [-0.3, -0.25) is 14.4 Å². The number of ketones is 1.